The number of nitrogen functional groups attached to an aromatic ring is 1. The molecule has 0 atom stereocenters. The molecular weight excluding hydrogens is 142 g/mol. The largest absolute Gasteiger partial charge is 0.393 e. The second kappa shape index (κ2) is 2.46. The summed E-state index contributed by atoms with van der Waals surface area (Å²) in [5, 5.41) is 8.48. The fourth-order valence-electron chi connectivity index (χ4n) is 0.792. The number of nitrogens with one attached hydrogen (secondary N) is 1. The van der Waals surface area contributed by atoms with E-state index in [1.165, 1.54) is 6.07 Å². The average Bonchev–Trinajstić information content (AvgIpc) is 1.96. The highest BCUT2D eigenvalue weighted by Gasteiger charge is 2.01. The first-order valence-corrected chi connectivity index (χ1v) is 3.04. The number of hydrogen-bond acceptors (Lipinski definition) is 3. The van der Waals surface area contributed by atoms with Crippen LogP contribution in [0.15, 0.2) is 10.9 Å². The number of nitrogens with zero attached hydrogens (tertiary/aromatic N) is 1. The third-order valence-corrected chi connectivity index (χ3v) is 1.33. The van der Waals surface area contributed by atoms with Crippen molar-refractivity contribution in [2.45, 2.75) is 6.92 Å². The van der Waals surface area contributed by atoms with Crippen LogP contribution in [-0.2, 0) is 0 Å². The highest BCUT2D eigenvalue weighted by molar-refractivity contribution is 5.52. The van der Waals surface area contributed by atoms with Crippen molar-refractivity contribution in [1.82, 2.24) is 4.98 Å². The third kappa shape index (κ3) is 1.22. The maximum Gasteiger partial charge on any atom is 0.272 e. The predicted molar refractivity (Wildman–Crippen MR) is 40.9 cm³/mol. The maximum atomic E-state index is 10.9. The van der Waals surface area contributed by atoms with Crippen LogP contribution in [0.5, 0.6) is 0 Å². The van der Waals surface area contributed by atoms with Crippen molar-refractivity contribution in [3.63, 3.8) is 0 Å². The van der Waals surface area contributed by atoms with E-state index in [4.69, 9.17) is 11.0 Å². The normalized spacial score (nSPS) is 9.09. The van der Waals surface area contributed by atoms with E-state index in [1.54, 1.807) is 6.92 Å². The molecule has 56 valence electrons. The summed E-state index contributed by atoms with van der Waals surface area (Å²) >= 11 is 0. The Bertz CT molecular complexity index is 372. The van der Waals surface area contributed by atoms with Gasteiger partial charge in [-0.15, -0.1) is 0 Å². The molecule has 0 aliphatic heterocycles. The number of pyridine rings is 1. The lowest BCUT2D eigenvalue weighted by atomic mass is 10.2. The summed E-state index contributed by atoms with van der Waals surface area (Å²) in [7, 11) is 0. The van der Waals surface area contributed by atoms with Crippen molar-refractivity contribution in [3.8, 4) is 6.07 Å². The van der Waals surface area contributed by atoms with Crippen molar-refractivity contribution >= 4 is 5.69 Å². The molecule has 0 aliphatic carbocycles. The Morgan fingerprint density at radius 3 is 2.91 bits per heavy atom. The lowest BCUT2D eigenvalue weighted by Gasteiger charge is -1.96. The lowest BCUT2D eigenvalue weighted by molar-refractivity contribution is 1.14. The van der Waals surface area contributed by atoms with E-state index in [0.29, 0.717) is 5.69 Å². The SMILES string of the molecule is Cc1cc(C#N)c(N)c(=O)[nH]1. The molecule has 1 rings (SSSR count). The van der Waals surface area contributed by atoms with Gasteiger partial charge >= 0.3 is 0 Å². The zero-order valence-corrected chi connectivity index (χ0v) is 6.01. The number of nitrogens with two attached hydrogens (primary N) is 1. The summed E-state index contributed by atoms with van der Waals surface area (Å²) in [6.07, 6.45) is 0. The van der Waals surface area contributed by atoms with Crippen LogP contribution < -0.4 is 11.3 Å². The monoisotopic (exact) mass is 149 g/mol. The molecule has 11 heavy (non-hydrogen) atoms. The topological polar surface area (TPSA) is 82.7 Å². The van der Waals surface area contributed by atoms with Gasteiger partial charge in [-0.1, -0.05) is 0 Å². The van der Waals surface area contributed by atoms with Crippen LogP contribution in [0.3, 0.4) is 0 Å². The molecule has 0 amide bonds. The van der Waals surface area contributed by atoms with Gasteiger partial charge < -0.3 is 10.7 Å². The van der Waals surface area contributed by atoms with E-state index < -0.39 is 5.56 Å². The molecule has 0 fully saturated rings. The first-order valence-electron chi connectivity index (χ1n) is 3.04. The van der Waals surface area contributed by atoms with Crippen LogP contribution in [0.4, 0.5) is 5.69 Å². The fraction of sp³-hybridized carbons (Fsp3) is 0.143. The van der Waals surface area contributed by atoms with Gasteiger partial charge in [-0.3, -0.25) is 4.79 Å². The standard InChI is InChI=1S/C7H7N3O/c1-4-2-5(3-8)6(9)7(11)10-4/h2H,9H2,1H3,(H,10,11). The summed E-state index contributed by atoms with van der Waals surface area (Å²) in [6.45, 7) is 1.70. The number of aromatic amines is 1. The van der Waals surface area contributed by atoms with E-state index in [9.17, 15) is 4.79 Å². The number of rotatable bonds is 0. The van der Waals surface area contributed by atoms with Crippen LogP contribution in [0.1, 0.15) is 11.3 Å². The van der Waals surface area contributed by atoms with Crippen LogP contribution in [0.25, 0.3) is 0 Å². The van der Waals surface area contributed by atoms with Crippen molar-refractivity contribution in [3.05, 3.63) is 27.7 Å². The minimum Gasteiger partial charge on any atom is -0.393 e. The first-order chi connectivity index (χ1) is 5.15. The summed E-state index contributed by atoms with van der Waals surface area (Å²) in [4.78, 5) is 13.4. The Morgan fingerprint density at radius 2 is 2.36 bits per heavy atom. The van der Waals surface area contributed by atoms with Gasteiger partial charge in [0.25, 0.3) is 5.56 Å². The van der Waals surface area contributed by atoms with E-state index >= 15 is 0 Å². The Balaban J connectivity index is 3.52. The summed E-state index contributed by atoms with van der Waals surface area (Å²) < 4.78 is 0. The van der Waals surface area contributed by atoms with Crippen molar-refractivity contribution < 1.29 is 0 Å². The van der Waals surface area contributed by atoms with Gasteiger partial charge in [0.05, 0.1) is 5.56 Å². The van der Waals surface area contributed by atoms with Crippen molar-refractivity contribution in [2.24, 2.45) is 0 Å². The van der Waals surface area contributed by atoms with E-state index in [2.05, 4.69) is 4.98 Å². The summed E-state index contributed by atoms with van der Waals surface area (Å²) in [6, 6.07) is 3.37. The first kappa shape index (κ1) is 7.35. The molecule has 0 radical (unpaired) electrons. The van der Waals surface area contributed by atoms with Gasteiger partial charge in [-0.05, 0) is 13.0 Å². The molecule has 0 aliphatic rings. The Kier molecular flexibility index (Phi) is 1.65. The molecule has 1 aromatic heterocycles. The zero-order chi connectivity index (χ0) is 8.43. The molecule has 0 saturated heterocycles. The van der Waals surface area contributed by atoms with Gasteiger partial charge in [0, 0.05) is 5.69 Å². The number of anilines is 1. The Hall–Kier alpha value is -1.76. The molecule has 0 saturated carbocycles. The molecular formula is C7H7N3O. The minimum absolute atomic E-state index is 0.0156. The van der Waals surface area contributed by atoms with Crippen molar-refractivity contribution in [2.75, 3.05) is 5.73 Å². The van der Waals surface area contributed by atoms with Gasteiger partial charge in [0.15, 0.2) is 0 Å². The highest BCUT2D eigenvalue weighted by Crippen LogP contribution is 2.03. The summed E-state index contributed by atoms with van der Waals surface area (Å²) in [5.41, 5.74) is 5.75. The fourth-order valence-corrected chi connectivity index (χ4v) is 0.792. The van der Waals surface area contributed by atoms with Gasteiger partial charge in [0.2, 0.25) is 0 Å². The maximum absolute atomic E-state index is 10.9. The number of hydrogen-bond donors (Lipinski definition) is 2. The third-order valence-electron chi connectivity index (χ3n) is 1.33. The van der Waals surface area contributed by atoms with Crippen LogP contribution in [-0.4, -0.2) is 4.98 Å². The number of aromatic nitrogens is 1. The quantitative estimate of drug-likeness (QED) is 0.550. The van der Waals surface area contributed by atoms with Crippen LogP contribution in [0, 0.1) is 18.3 Å². The zero-order valence-electron chi connectivity index (χ0n) is 6.01. The lowest BCUT2D eigenvalue weighted by Crippen LogP contribution is -2.14. The molecule has 4 nitrogen and oxygen atoms in total. The Morgan fingerprint density at radius 1 is 1.73 bits per heavy atom. The van der Waals surface area contributed by atoms with Gasteiger partial charge in [-0.25, -0.2) is 0 Å². The van der Waals surface area contributed by atoms with E-state index in [0.717, 1.165) is 0 Å². The molecule has 0 bridgehead atoms. The minimum atomic E-state index is -0.401. The average molecular weight is 149 g/mol. The van der Waals surface area contributed by atoms with E-state index in [-0.39, 0.29) is 11.3 Å². The smallest absolute Gasteiger partial charge is 0.272 e. The second-order valence-corrected chi connectivity index (χ2v) is 2.22. The van der Waals surface area contributed by atoms with Crippen LogP contribution >= 0.6 is 0 Å². The molecule has 3 N–H and O–H groups in total. The second-order valence-electron chi connectivity index (χ2n) is 2.22. The molecule has 0 spiro atoms. The highest BCUT2D eigenvalue weighted by atomic mass is 16.1. The number of nitriles is 1. The molecule has 1 heterocycles. The number of H-pyrrole nitrogens is 1. The molecule has 1 aromatic rings. The van der Waals surface area contributed by atoms with Gasteiger partial charge in [0.1, 0.15) is 11.8 Å². The molecule has 0 unspecified atom stereocenters. The molecule has 4 heteroatoms. The van der Waals surface area contributed by atoms with E-state index in [1.807, 2.05) is 6.07 Å². The van der Waals surface area contributed by atoms with Crippen molar-refractivity contribution in [1.29, 1.82) is 5.26 Å². The predicted octanol–water partition coefficient (Wildman–Crippen LogP) is 0.137. The Labute approximate surface area is 63.3 Å². The number of aryl methyl sites for hydroxylation is 1. The van der Waals surface area contributed by atoms with Gasteiger partial charge in [-0.2, -0.15) is 5.26 Å². The molecule has 0 aromatic carbocycles. The van der Waals surface area contributed by atoms with Crippen LogP contribution in [0.2, 0.25) is 0 Å². The summed E-state index contributed by atoms with van der Waals surface area (Å²) in [5.74, 6) is 0.